The fourth-order valence-corrected chi connectivity index (χ4v) is 4.61. The van der Waals surface area contributed by atoms with Gasteiger partial charge >= 0.3 is 0 Å². The van der Waals surface area contributed by atoms with Crippen molar-refractivity contribution in [2.24, 2.45) is 0 Å². The van der Waals surface area contributed by atoms with Gasteiger partial charge in [0.2, 0.25) is 5.76 Å². The minimum Gasteiger partial charge on any atom is -0.493 e. The molecule has 0 saturated carbocycles. The summed E-state index contributed by atoms with van der Waals surface area (Å²) in [6.07, 6.45) is 2.45. The number of carbonyl (C=O) groups excluding carboxylic acids is 1. The number of hydrogen-bond donors (Lipinski definition) is 0. The van der Waals surface area contributed by atoms with Gasteiger partial charge in [0.15, 0.2) is 16.9 Å². The van der Waals surface area contributed by atoms with E-state index in [4.69, 9.17) is 13.9 Å². The lowest BCUT2D eigenvalue weighted by atomic mass is 9.97. The SMILES string of the molecule is CCCOc1ccc(C2c3c(oc4ccc(CC)cc4c3=O)C(=O)N2CCCN(C)C)cc1OC. The molecule has 0 fully saturated rings. The summed E-state index contributed by atoms with van der Waals surface area (Å²) in [5.74, 6) is 1.09. The average Bonchev–Trinajstić information content (AvgIpc) is 3.14. The number of aryl methyl sites for hydroxylation is 1. The summed E-state index contributed by atoms with van der Waals surface area (Å²) >= 11 is 0. The molecule has 0 aliphatic carbocycles. The molecule has 1 amide bonds. The lowest BCUT2D eigenvalue weighted by molar-refractivity contribution is 0.0722. The minimum absolute atomic E-state index is 0.131. The molecule has 1 unspecified atom stereocenters. The van der Waals surface area contributed by atoms with Gasteiger partial charge in [-0.15, -0.1) is 0 Å². The van der Waals surface area contributed by atoms with Crippen LogP contribution in [0.15, 0.2) is 45.6 Å². The van der Waals surface area contributed by atoms with E-state index in [0.717, 1.165) is 36.9 Å². The molecule has 1 aliphatic rings. The highest BCUT2D eigenvalue weighted by Gasteiger charge is 2.42. The Balaban J connectivity index is 1.86. The monoisotopic (exact) mass is 478 g/mol. The Labute approximate surface area is 206 Å². The van der Waals surface area contributed by atoms with Gasteiger partial charge in [-0.25, -0.2) is 0 Å². The van der Waals surface area contributed by atoms with Crippen molar-refractivity contribution in [1.82, 2.24) is 9.80 Å². The van der Waals surface area contributed by atoms with Crippen LogP contribution < -0.4 is 14.9 Å². The van der Waals surface area contributed by atoms with Crippen LogP contribution in [0.25, 0.3) is 11.0 Å². The molecule has 0 saturated heterocycles. The highest BCUT2D eigenvalue weighted by molar-refractivity contribution is 5.99. The fraction of sp³-hybridized carbons (Fsp3) is 0.429. The van der Waals surface area contributed by atoms with E-state index < -0.39 is 6.04 Å². The molecule has 0 N–H and O–H groups in total. The first kappa shape index (κ1) is 24.8. The van der Waals surface area contributed by atoms with Crippen molar-refractivity contribution in [3.63, 3.8) is 0 Å². The van der Waals surface area contributed by atoms with Crippen molar-refractivity contribution < 1.29 is 18.7 Å². The first-order chi connectivity index (χ1) is 16.9. The van der Waals surface area contributed by atoms with Gasteiger partial charge < -0.3 is 23.7 Å². The molecule has 1 atom stereocenters. The summed E-state index contributed by atoms with van der Waals surface area (Å²) in [5, 5.41) is 0.505. The third-order valence-corrected chi connectivity index (χ3v) is 6.41. The number of ether oxygens (including phenoxy) is 2. The van der Waals surface area contributed by atoms with Crippen molar-refractivity contribution >= 4 is 16.9 Å². The topological polar surface area (TPSA) is 72.2 Å². The molecule has 7 heteroatoms. The summed E-state index contributed by atoms with van der Waals surface area (Å²) in [4.78, 5) is 31.2. The van der Waals surface area contributed by atoms with Gasteiger partial charge in [-0.3, -0.25) is 9.59 Å². The van der Waals surface area contributed by atoms with E-state index in [1.807, 2.05) is 58.3 Å². The van der Waals surface area contributed by atoms with Gasteiger partial charge in [-0.05, 0) is 75.3 Å². The molecule has 1 aromatic heterocycles. The van der Waals surface area contributed by atoms with Crippen molar-refractivity contribution in [2.45, 2.75) is 39.2 Å². The quantitative estimate of drug-likeness (QED) is 0.422. The Kier molecular flexibility index (Phi) is 7.45. The van der Waals surface area contributed by atoms with Crippen molar-refractivity contribution in [2.75, 3.05) is 40.9 Å². The van der Waals surface area contributed by atoms with Gasteiger partial charge in [-0.2, -0.15) is 0 Å². The number of methoxy groups -OCH3 is 1. The summed E-state index contributed by atoms with van der Waals surface area (Å²) < 4.78 is 17.5. The molecule has 2 heterocycles. The lowest BCUT2D eigenvalue weighted by Crippen LogP contribution is -2.32. The Morgan fingerprint density at radius 3 is 2.54 bits per heavy atom. The Morgan fingerprint density at radius 2 is 1.86 bits per heavy atom. The van der Waals surface area contributed by atoms with Crippen LogP contribution in [-0.2, 0) is 6.42 Å². The van der Waals surface area contributed by atoms with Crippen molar-refractivity contribution in [1.29, 1.82) is 0 Å². The van der Waals surface area contributed by atoms with Gasteiger partial charge in [0.05, 0.1) is 30.7 Å². The molecular weight excluding hydrogens is 444 g/mol. The predicted octanol–water partition coefficient (Wildman–Crippen LogP) is 4.65. The normalized spacial score (nSPS) is 15.2. The molecule has 0 bridgehead atoms. The van der Waals surface area contributed by atoms with E-state index >= 15 is 0 Å². The van der Waals surface area contributed by atoms with Crippen LogP contribution in [0.2, 0.25) is 0 Å². The zero-order valence-corrected chi connectivity index (χ0v) is 21.2. The van der Waals surface area contributed by atoms with E-state index in [1.165, 1.54) is 0 Å². The Bertz CT molecular complexity index is 1280. The average molecular weight is 479 g/mol. The number of hydrogen-bond acceptors (Lipinski definition) is 6. The van der Waals surface area contributed by atoms with Crippen LogP contribution in [0.3, 0.4) is 0 Å². The van der Waals surface area contributed by atoms with E-state index in [2.05, 4.69) is 4.90 Å². The van der Waals surface area contributed by atoms with Crippen LogP contribution in [0.5, 0.6) is 11.5 Å². The van der Waals surface area contributed by atoms with Crippen LogP contribution in [0, 0.1) is 0 Å². The van der Waals surface area contributed by atoms with Crippen molar-refractivity contribution in [3.8, 4) is 11.5 Å². The molecule has 1 aliphatic heterocycles. The van der Waals surface area contributed by atoms with Crippen LogP contribution in [0.1, 0.15) is 60.0 Å². The van der Waals surface area contributed by atoms with Gasteiger partial charge in [0, 0.05) is 6.54 Å². The molecule has 186 valence electrons. The third kappa shape index (κ3) is 4.78. The molecule has 35 heavy (non-hydrogen) atoms. The first-order valence-electron chi connectivity index (χ1n) is 12.3. The second-order valence-corrected chi connectivity index (χ2v) is 9.17. The van der Waals surface area contributed by atoms with Gasteiger partial charge in [-0.1, -0.05) is 26.0 Å². The molecule has 0 radical (unpaired) electrons. The van der Waals surface area contributed by atoms with E-state index in [1.54, 1.807) is 18.1 Å². The highest BCUT2D eigenvalue weighted by atomic mass is 16.5. The first-order valence-corrected chi connectivity index (χ1v) is 12.3. The minimum atomic E-state index is -0.556. The summed E-state index contributed by atoms with van der Waals surface area (Å²) in [6, 6.07) is 10.7. The summed E-state index contributed by atoms with van der Waals surface area (Å²) in [6.45, 7) is 5.98. The third-order valence-electron chi connectivity index (χ3n) is 6.41. The lowest BCUT2D eigenvalue weighted by Gasteiger charge is -2.26. The predicted molar refractivity (Wildman–Crippen MR) is 137 cm³/mol. The second-order valence-electron chi connectivity index (χ2n) is 9.17. The zero-order chi connectivity index (χ0) is 25.1. The highest BCUT2D eigenvalue weighted by Crippen LogP contribution is 2.41. The maximum Gasteiger partial charge on any atom is 0.290 e. The maximum atomic E-state index is 13.8. The Hall–Kier alpha value is -3.32. The van der Waals surface area contributed by atoms with Crippen molar-refractivity contribution in [3.05, 3.63) is 69.1 Å². The van der Waals surface area contributed by atoms with Gasteiger partial charge in [0.1, 0.15) is 5.58 Å². The molecule has 2 aromatic carbocycles. The summed E-state index contributed by atoms with van der Waals surface area (Å²) in [5.41, 5.74) is 2.52. The molecule has 4 rings (SSSR count). The second kappa shape index (κ2) is 10.5. The number of carbonyl (C=O) groups is 1. The number of nitrogens with zero attached hydrogens (tertiary/aromatic N) is 2. The fourth-order valence-electron chi connectivity index (χ4n) is 4.61. The molecular formula is C28H34N2O5. The molecule has 0 spiro atoms. The number of rotatable bonds is 10. The maximum absolute atomic E-state index is 13.8. The smallest absolute Gasteiger partial charge is 0.290 e. The Morgan fingerprint density at radius 1 is 1.06 bits per heavy atom. The number of amides is 1. The molecule has 7 nitrogen and oxygen atoms in total. The van der Waals surface area contributed by atoms with Crippen LogP contribution in [0.4, 0.5) is 0 Å². The molecule has 3 aromatic rings. The number of fused-ring (bicyclic) bond motifs is 2. The van der Waals surface area contributed by atoms with E-state index in [-0.39, 0.29) is 17.1 Å². The largest absolute Gasteiger partial charge is 0.493 e. The van der Waals surface area contributed by atoms with Gasteiger partial charge in [0.25, 0.3) is 5.91 Å². The van der Waals surface area contributed by atoms with Crippen LogP contribution >= 0.6 is 0 Å². The van der Waals surface area contributed by atoms with E-state index in [0.29, 0.717) is 41.2 Å². The standard InChI is InChI=1S/C28H34N2O5/c1-6-15-34-22-12-10-19(17-23(22)33-5)25-24-26(31)20-16-18(7-2)9-11-21(20)35-27(24)28(32)30(25)14-8-13-29(3)4/h9-12,16-17,25H,6-8,13-15H2,1-5H3. The van der Waals surface area contributed by atoms with E-state index in [9.17, 15) is 9.59 Å². The number of benzene rings is 2. The summed E-state index contributed by atoms with van der Waals surface area (Å²) in [7, 11) is 5.59. The van der Waals surface area contributed by atoms with Crippen LogP contribution in [-0.4, -0.2) is 56.6 Å². The zero-order valence-electron chi connectivity index (χ0n) is 21.2.